The van der Waals surface area contributed by atoms with E-state index in [0.29, 0.717) is 29.9 Å². The molecule has 0 radical (unpaired) electrons. The van der Waals surface area contributed by atoms with Crippen LogP contribution in [-0.2, 0) is 6.61 Å². The van der Waals surface area contributed by atoms with Crippen LogP contribution in [-0.4, -0.2) is 29.1 Å². The third-order valence-electron chi connectivity index (χ3n) is 4.65. The summed E-state index contributed by atoms with van der Waals surface area (Å²) in [4.78, 5) is 14.8. The van der Waals surface area contributed by atoms with Crippen LogP contribution in [0.4, 0.5) is 0 Å². The van der Waals surface area contributed by atoms with Crippen LogP contribution >= 0.6 is 0 Å². The van der Waals surface area contributed by atoms with E-state index in [1.54, 1.807) is 0 Å². The number of benzene rings is 1. The molecule has 2 aromatic rings. The van der Waals surface area contributed by atoms with E-state index in [1.165, 1.54) is 0 Å². The van der Waals surface area contributed by atoms with E-state index in [0.717, 1.165) is 36.4 Å². The van der Waals surface area contributed by atoms with Gasteiger partial charge >= 0.3 is 0 Å². The van der Waals surface area contributed by atoms with Crippen LogP contribution in [0, 0.1) is 11.8 Å². The maximum Gasteiger partial charge on any atom is 0.276 e. The van der Waals surface area contributed by atoms with Crippen molar-refractivity contribution < 1.29 is 14.1 Å². The van der Waals surface area contributed by atoms with Crippen LogP contribution in [0.3, 0.4) is 0 Å². The van der Waals surface area contributed by atoms with Gasteiger partial charge in [-0.05, 0) is 30.4 Å². The van der Waals surface area contributed by atoms with E-state index in [4.69, 9.17) is 9.26 Å². The molecule has 5 heteroatoms. The van der Waals surface area contributed by atoms with Crippen LogP contribution < -0.4 is 4.74 Å². The van der Waals surface area contributed by atoms with Gasteiger partial charge in [0.05, 0.1) is 11.1 Å². The summed E-state index contributed by atoms with van der Waals surface area (Å²) in [6.07, 6.45) is 1.16. The molecule has 3 heterocycles. The number of hydrogen-bond acceptors (Lipinski definition) is 4. The normalized spacial score (nSPS) is 23.0. The van der Waals surface area contributed by atoms with Crippen molar-refractivity contribution in [1.29, 1.82) is 0 Å². The average molecular weight is 312 g/mol. The Morgan fingerprint density at radius 2 is 1.96 bits per heavy atom. The van der Waals surface area contributed by atoms with Gasteiger partial charge in [0.25, 0.3) is 5.91 Å². The predicted octanol–water partition coefficient (Wildman–Crippen LogP) is 3.35. The number of likely N-dealkylation sites (tertiary alicyclic amines) is 1. The molecule has 5 nitrogen and oxygen atoms in total. The molecule has 2 aliphatic heterocycles. The Labute approximate surface area is 135 Å². The molecule has 1 amide bonds. The van der Waals surface area contributed by atoms with Crippen molar-refractivity contribution in [2.45, 2.75) is 26.9 Å². The number of nitrogens with zero attached hydrogens (tertiary/aromatic N) is 2. The number of amides is 1. The molecule has 2 atom stereocenters. The number of para-hydroxylation sites is 1. The lowest BCUT2D eigenvalue weighted by Crippen LogP contribution is -2.43. The Hall–Kier alpha value is -2.30. The molecular formula is C18H20N2O3. The summed E-state index contributed by atoms with van der Waals surface area (Å²) in [7, 11) is 0. The molecule has 1 saturated heterocycles. The molecule has 0 aliphatic carbocycles. The number of fused-ring (bicyclic) bond motifs is 3. The van der Waals surface area contributed by atoms with Crippen molar-refractivity contribution in [1.82, 2.24) is 10.1 Å². The molecule has 1 fully saturated rings. The van der Waals surface area contributed by atoms with Crippen LogP contribution in [0.2, 0.25) is 0 Å². The minimum atomic E-state index is -0.0450. The number of carbonyl (C=O) groups excluding carboxylic acids is 1. The van der Waals surface area contributed by atoms with Gasteiger partial charge in [0.2, 0.25) is 0 Å². The van der Waals surface area contributed by atoms with Gasteiger partial charge in [-0.15, -0.1) is 0 Å². The first-order valence-electron chi connectivity index (χ1n) is 8.13. The Bertz CT molecular complexity index is 742. The summed E-state index contributed by atoms with van der Waals surface area (Å²) in [5, 5.41) is 4.08. The zero-order valence-electron chi connectivity index (χ0n) is 13.4. The van der Waals surface area contributed by atoms with Gasteiger partial charge in [0.1, 0.15) is 12.4 Å². The van der Waals surface area contributed by atoms with Gasteiger partial charge in [0.15, 0.2) is 11.5 Å². The lowest BCUT2D eigenvalue weighted by Gasteiger charge is -2.34. The van der Waals surface area contributed by atoms with Crippen molar-refractivity contribution in [3.8, 4) is 17.1 Å². The fraction of sp³-hybridized carbons (Fsp3) is 0.444. The summed E-state index contributed by atoms with van der Waals surface area (Å²) in [5.74, 6) is 2.42. The monoisotopic (exact) mass is 312 g/mol. The van der Waals surface area contributed by atoms with Crippen LogP contribution in [0.25, 0.3) is 11.3 Å². The Morgan fingerprint density at radius 1 is 1.22 bits per heavy atom. The van der Waals surface area contributed by atoms with E-state index in [1.807, 2.05) is 29.2 Å². The largest absolute Gasteiger partial charge is 0.488 e. The topological polar surface area (TPSA) is 55.6 Å². The van der Waals surface area contributed by atoms with Gasteiger partial charge in [0, 0.05) is 13.1 Å². The highest BCUT2D eigenvalue weighted by molar-refractivity contribution is 5.95. The van der Waals surface area contributed by atoms with Crippen molar-refractivity contribution in [2.24, 2.45) is 11.8 Å². The van der Waals surface area contributed by atoms with Crippen molar-refractivity contribution >= 4 is 5.91 Å². The zero-order chi connectivity index (χ0) is 16.0. The minimum Gasteiger partial charge on any atom is -0.488 e. The molecule has 0 spiro atoms. The lowest BCUT2D eigenvalue weighted by molar-refractivity contribution is 0.0610. The minimum absolute atomic E-state index is 0.0450. The van der Waals surface area contributed by atoms with Crippen molar-refractivity contribution in [3.63, 3.8) is 0 Å². The maximum atomic E-state index is 12.9. The Morgan fingerprint density at radius 3 is 2.74 bits per heavy atom. The number of aromatic nitrogens is 1. The molecule has 1 aromatic heterocycles. The zero-order valence-corrected chi connectivity index (χ0v) is 13.4. The van der Waals surface area contributed by atoms with E-state index < -0.39 is 0 Å². The number of ether oxygens (including phenoxy) is 1. The van der Waals surface area contributed by atoms with Crippen LogP contribution in [0.1, 0.15) is 36.3 Å². The highest BCUT2D eigenvalue weighted by Crippen LogP contribution is 2.39. The molecule has 0 N–H and O–H groups in total. The summed E-state index contributed by atoms with van der Waals surface area (Å²) < 4.78 is 11.3. The highest BCUT2D eigenvalue weighted by Gasteiger charge is 2.33. The summed E-state index contributed by atoms with van der Waals surface area (Å²) in [5.41, 5.74) is 2.02. The Kier molecular flexibility index (Phi) is 3.36. The average Bonchev–Trinajstić information content (AvgIpc) is 2.97. The third-order valence-corrected chi connectivity index (χ3v) is 4.65. The summed E-state index contributed by atoms with van der Waals surface area (Å²) in [6.45, 7) is 6.27. The SMILES string of the molecule is C[C@H]1C[C@H](C)CN(C(=O)c2noc3c2COc2ccccc2-3)C1. The second-order valence-corrected chi connectivity index (χ2v) is 6.78. The standard InChI is InChI=1S/C18H20N2O3/c1-11-7-12(2)9-20(8-11)18(21)16-14-10-22-15-6-4-3-5-13(15)17(14)23-19-16/h3-6,11-12H,7-10H2,1-2H3/t11-,12-/m0/s1. The molecule has 2 aliphatic rings. The summed E-state index contributed by atoms with van der Waals surface area (Å²) >= 11 is 0. The van der Waals surface area contributed by atoms with E-state index in [-0.39, 0.29) is 5.91 Å². The Balaban J connectivity index is 1.67. The molecule has 23 heavy (non-hydrogen) atoms. The number of hydrogen-bond donors (Lipinski definition) is 0. The first-order chi connectivity index (χ1) is 11.1. The van der Waals surface area contributed by atoms with E-state index >= 15 is 0 Å². The van der Waals surface area contributed by atoms with E-state index in [9.17, 15) is 4.79 Å². The molecule has 0 unspecified atom stereocenters. The third kappa shape index (κ3) is 2.40. The second kappa shape index (κ2) is 5.41. The molecule has 1 aromatic carbocycles. The summed E-state index contributed by atoms with van der Waals surface area (Å²) in [6, 6.07) is 7.67. The fourth-order valence-electron chi connectivity index (χ4n) is 3.73. The molecule has 120 valence electrons. The smallest absolute Gasteiger partial charge is 0.276 e. The quantitative estimate of drug-likeness (QED) is 0.810. The first kappa shape index (κ1) is 14.3. The number of carbonyl (C=O) groups is 1. The lowest BCUT2D eigenvalue weighted by atomic mass is 9.91. The number of rotatable bonds is 1. The van der Waals surface area contributed by atoms with Gasteiger partial charge in [-0.1, -0.05) is 31.1 Å². The van der Waals surface area contributed by atoms with Crippen molar-refractivity contribution in [3.05, 3.63) is 35.5 Å². The highest BCUT2D eigenvalue weighted by atomic mass is 16.5. The first-order valence-corrected chi connectivity index (χ1v) is 8.13. The van der Waals surface area contributed by atoms with Gasteiger partial charge < -0.3 is 14.2 Å². The second-order valence-electron chi connectivity index (χ2n) is 6.78. The molecule has 0 bridgehead atoms. The fourth-order valence-corrected chi connectivity index (χ4v) is 3.73. The van der Waals surface area contributed by atoms with Crippen LogP contribution in [0.5, 0.6) is 5.75 Å². The van der Waals surface area contributed by atoms with Gasteiger partial charge in [-0.2, -0.15) is 0 Å². The van der Waals surface area contributed by atoms with E-state index in [2.05, 4.69) is 19.0 Å². The predicted molar refractivity (Wildman–Crippen MR) is 85.1 cm³/mol. The van der Waals surface area contributed by atoms with Gasteiger partial charge in [-0.3, -0.25) is 4.79 Å². The number of piperidine rings is 1. The molecular weight excluding hydrogens is 292 g/mol. The van der Waals surface area contributed by atoms with Crippen molar-refractivity contribution in [2.75, 3.05) is 13.1 Å². The van der Waals surface area contributed by atoms with Gasteiger partial charge in [-0.25, -0.2) is 0 Å². The maximum absolute atomic E-state index is 12.9. The molecule has 0 saturated carbocycles. The van der Waals surface area contributed by atoms with Crippen LogP contribution in [0.15, 0.2) is 28.8 Å². The molecule has 4 rings (SSSR count).